The van der Waals surface area contributed by atoms with E-state index < -0.39 is 0 Å². The number of methoxy groups -OCH3 is 2. The Kier molecular flexibility index (Phi) is 5.82. The number of rotatable bonds is 7. The predicted octanol–water partition coefficient (Wildman–Crippen LogP) is 2.55. The van der Waals surface area contributed by atoms with Crippen LogP contribution in [0.5, 0.6) is 11.5 Å². The van der Waals surface area contributed by atoms with Crippen LogP contribution in [0.1, 0.15) is 18.2 Å². The molecule has 1 N–H and O–H groups in total. The summed E-state index contributed by atoms with van der Waals surface area (Å²) in [7, 11) is 7.53. The number of anilines is 1. The first-order chi connectivity index (χ1) is 16.1. The maximum atomic E-state index is 5.57. The molecule has 9 nitrogen and oxygen atoms in total. The van der Waals surface area contributed by atoms with Crippen LogP contribution in [0.3, 0.4) is 0 Å². The van der Waals surface area contributed by atoms with Crippen LogP contribution in [-0.4, -0.2) is 80.1 Å². The summed E-state index contributed by atoms with van der Waals surface area (Å²) in [6, 6.07) is 14.3. The van der Waals surface area contributed by atoms with Gasteiger partial charge in [0.1, 0.15) is 6.17 Å². The number of benzene rings is 2. The summed E-state index contributed by atoms with van der Waals surface area (Å²) in [5, 5.41) is 3.66. The van der Waals surface area contributed by atoms with Crippen LogP contribution in [0.2, 0.25) is 0 Å². The van der Waals surface area contributed by atoms with Crippen molar-refractivity contribution in [3.63, 3.8) is 0 Å². The van der Waals surface area contributed by atoms with E-state index in [4.69, 9.17) is 19.5 Å². The highest BCUT2D eigenvalue weighted by molar-refractivity contribution is 5.98. The molecule has 1 atom stereocenters. The smallest absolute Gasteiger partial charge is 0.216 e. The number of nitrogens with one attached hydrogen (secondary N) is 1. The zero-order valence-corrected chi connectivity index (χ0v) is 19.7. The van der Waals surface area contributed by atoms with Gasteiger partial charge in [-0.05, 0) is 56.9 Å². The minimum absolute atomic E-state index is 0.164. The van der Waals surface area contributed by atoms with Crippen LogP contribution < -0.4 is 19.7 Å². The third-order valence-electron chi connectivity index (χ3n) is 6.16. The van der Waals surface area contributed by atoms with Crippen molar-refractivity contribution in [2.45, 2.75) is 12.6 Å². The predicted molar refractivity (Wildman–Crippen MR) is 130 cm³/mol. The van der Waals surface area contributed by atoms with Crippen molar-refractivity contribution in [2.24, 2.45) is 4.99 Å². The van der Waals surface area contributed by atoms with Gasteiger partial charge >= 0.3 is 0 Å². The Balaban J connectivity index is 1.54. The summed E-state index contributed by atoms with van der Waals surface area (Å²) in [5.41, 5.74) is 3.09. The molecule has 33 heavy (non-hydrogen) atoms. The zero-order valence-electron chi connectivity index (χ0n) is 19.7. The van der Waals surface area contributed by atoms with Gasteiger partial charge in [-0.2, -0.15) is 0 Å². The maximum absolute atomic E-state index is 5.57. The van der Waals surface area contributed by atoms with E-state index >= 15 is 0 Å². The number of hydrogen-bond acceptors (Lipinski definition) is 8. The minimum Gasteiger partial charge on any atom is -0.493 e. The Bertz CT molecular complexity index is 1170. The molecule has 0 spiro atoms. The van der Waals surface area contributed by atoms with Crippen LogP contribution in [0.25, 0.3) is 11.0 Å². The van der Waals surface area contributed by atoms with Gasteiger partial charge in [-0.15, -0.1) is 0 Å². The fourth-order valence-corrected chi connectivity index (χ4v) is 4.52. The minimum atomic E-state index is -0.164. The van der Waals surface area contributed by atoms with Gasteiger partial charge in [0, 0.05) is 6.54 Å². The van der Waals surface area contributed by atoms with Crippen LogP contribution in [-0.2, 0) is 0 Å². The lowest BCUT2D eigenvalue weighted by molar-refractivity contribution is 0.254. The quantitative estimate of drug-likeness (QED) is 0.594. The van der Waals surface area contributed by atoms with Crippen molar-refractivity contribution in [1.82, 2.24) is 24.7 Å². The number of nitrogens with zero attached hydrogens (tertiary/aromatic N) is 6. The van der Waals surface area contributed by atoms with E-state index in [1.54, 1.807) is 14.2 Å². The molecule has 0 radical (unpaired) electrons. The number of ether oxygens (including phenoxy) is 2. The largest absolute Gasteiger partial charge is 0.493 e. The van der Waals surface area contributed by atoms with Crippen molar-refractivity contribution in [3.8, 4) is 11.5 Å². The van der Waals surface area contributed by atoms with Crippen LogP contribution in [0.4, 0.5) is 5.95 Å². The highest BCUT2D eigenvalue weighted by atomic mass is 16.5. The number of fused-ring (bicyclic) bond motifs is 5. The molecule has 0 unspecified atom stereocenters. The van der Waals surface area contributed by atoms with Gasteiger partial charge in [0.25, 0.3) is 0 Å². The summed E-state index contributed by atoms with van der Waals surface area (Å²) in [4.78, 5) is 16.6. The maximum Gasteiger partial charge on any atom is 0.216 e. The van der Waals surface area contributed by atoms with Gasteiger partial charge in [-0.25, -0.2) is 9.98 Å². The van der Waals surface area contributed by atoms with E-state index in [9.17, 15) is 0 Å². The molecule has 3 aromatic rings. The van der Waals surface area contributed by atoms with Crippen LogP contribution in [0.15, 0.2) is 47.5 Å². The molecular formula is C24H31N7O2. The topological polar surface area (TPSA) is 70.4 Å². The number of aliphatic imine (C=N–C) groups is 1. The Morgan fingerprint density at radius 2 is 1.91 bits per heavy atom. The van der Waals surface area contributed by atoms with Crippen LogP contribution in [0, 0.1) is 0 Å². The van der Waals surface area contributed by atoms with E-state index in [2.05, 4.69) is 62.9 Å². The zero-order chi connectivity index (χ0) is 22.9. The van der Waals surface area contributed by atoms with E-state index in [0.29, 0.717) is 18.2 Å². The molecule has 3 heterocycles. The number of hydrogen-bond donors (Lipinski definition) is 1. The molecule has 0 bridgehead atoms. The van der Waals surface area contributed by atoms with Gasteiger partial charge in [0.2, 0.25) is 11.9 Å². The first-order valence-corrected chi connectivity index (χ1v) is 11.2. The van der Waals surface area contributed by atoms with Crippen molar-refractivity contribution in [1.29, 1.82) is 0 Å². The first-order valence-electron chi connectivity index (χ1n) is 11.2. The Labute approximate surface area is 194 Å². The Morgan fingerprint density at radius 1 is 1.09 bits per heavy atom. The molecule has 5 rings (SSSR count). The van der Waals surface area contributed by atoms with Gasteiger partial charge < -0.3 is 19.7 Å². The summed E-state index contributed by atoms with van der Waals surface area (Å²) in [6.45, 7) is 3.47. The second kappa shape index (κ2) is 8.92. The van der Waals surface area contributed by atoms with Crippen molar-refractivity contribution in [3.05, 3.63) is 48.0 Å². The summed E-state index contributed by atoms with van der Waals surface area (Å²) >= 11 is 0. The molecule has 2 aliphatic heterocycles. The lowest BCUT2D eigenvalue weighted by Crippen LogP contribution is -2.57. The molecule has 2 aromatic carbocycles. The van der Waals surface area contributed by atoms with E-state index in [1.807, 2.05) is 18.2 Å². The molecule has 0 saturated carbocycles. The average molecular weight is 450 g/mol. The molecule has 174 valence electrons. The molecule has 9 heteroatoms. The lowest BCUT2D eigenvalue weighted by atomic mass is 10.1. The summed E-state index contributed by atoms with van der Waals surface area (Å²) in [5.74, 6) is 3.15. The molecule has 0 fully saturated rings. The second-order valence-corrected chi connectivity index (χ2v) is 8.68. The third kappa shape index (κ3) is 3.98. The number of imidazole rings is 1. The second-order valence-electron chi connectivity index (χ2n) is 8.68. The molecule has 1 aromatic heterocycles. The first kappa shape index (κ1) is 21.5. The monoisotopic (exact) mass is 449 g/mol. The van der Waals surface area contributed by atoms with Crippen LogP contribution >= 0.6 is 0 Å². The van der Waals surface area contributed by atoms with Gasteiger partial charge in [-0.3, -0.25) is 14.4 Å². The van der Waals surface area contributed by atoms with E-state index in [-0.39, 0.29) is 6.17 Å². The molecule has 0 amide bonds. The van der Waals surface area contributed by atoms with Crippen molar-refractivity contribution < 1.29 is 9.47 Å². The highest BCUT2D eigenvalue weighted by Gasteiger charge is 2.36. The molecular weight excluding hydrogens is 418 g/mol. The van der Waals surface area contributed by atoms with E-state index in [1.165, 1.54) is 0 Å². The van der Waals surface area contributed by atoms with Gasteiger partial charge in [0.15, 0.2) is 11.5 Å². The fourth-order valence-electron chi connectivity index (χ4n) is 4.52. The molecule has 2 aliphatic rings. The van der Waals surface area contributed by atoms with Crippen molar-refractivity contribution >= 4 is 22.9 Å². The third-order valence-corrected chi connectivity index (χ3v) is 6.16. The number of para-hydroxylation sites is 2. The Hall–Kier alpha value is -3.30. The van der Waals surface area contributed by atoms with Crippen molar-refractivity contribution in [2.75, 3.05) is 59.6 Å². The normalized spacial score (nSPS) is 18.0. The van der Waals surface area contributed by atoms with Gasteiger partial charge in [-0.1, -0.05) is 18.2 Å². The standard InChI is InChI=1S/C24H31N7O2/c1-28(2)12-7-13-29-15-25-23-27-22(17-10-11-20(32-3)21(14-17)33-4)31-19-9-6-5-8-18(19)26-24(31)30(23)16-29/h5-6,8-11,14,22H,7,12-13,15-16H2,1-4H3,(H,25,27)/t22-/m0/s1. The van der Waals surface area contributed by atoms with Gasteiger partial charge in [0.05, 0.1) is 38.6 Å². The van der Waals surface area contributed by atoms with E-state index in [0.717, 1.165) is 54.7 Å². The fraction of sp³-hybridized carbons (Fsp3) is 0.417. The summed E-state index contributed by atoms with van der Waals surface area (Å²) in [6.07, 6.45) is 0.937. The SMILES string of the molecule is COc1ccc([C@H]2NC3=NCN(CCCN(C)C)CN3c3nc4ccccc4n32)cc1OC. The number of guanidine groups is 1. The molecule has 0 saturated heterocycles. The Morgan fingerprint density at radius 3 is 2.70 bits per heavy atom. The average Bonchev–Trinajstić information content (AvgIpc) is 3.23. The lowest BCUT2D eigenvalue weighted by Gasteiger charge is -2.41. The summed E-state index contributed by atoms with van der Waals surface area (Å²) < 4.78 is 13.3. The number of aromatic nitrogens is 2. The highest BCUT2D eigenvalue weighted by Crippen LogP contribution is 2.36. The molecule has 0 aliphatic carbocycles.